The van der Waals surface area contributed by atoms with Gasteiger partial charge >= 0.3 is 5.97 Å². The number of aromatic nitrogens is 4. The van der Waals surface area contributed by atoms with Gasteiger partial charge in [-0.05, 0) is 31.0 Å². The molecule has 4 rings (SSSR count). The third-order valence-electron chi connectivity index (χ3n) is 5.02. The minimum absolute atomic E-state index is 0.164. The van der Waals surface area contributed by atoms with Gasteiger partial charge in [0.2, 0.25) is 0 Å². The molecule has 1 saturated heterocycles. The number of carbonyl (C=O) groups excluding carboxylic acids is 1. The van der Waals surface area contributed by atoms with Crippen molar-refractivity contribution in [3.8, 4) is 11.3 Å². The first-order valence-corrected chi connectivity index (χ1v) is 8.95. The van der Waals surface area contributed by atoms with Crippen molar-refractivity contribution in [2.75, 3.05) is 20.2 Å². The van der Waals surface area contributed by atoms with Crippen LogP contribution in [0.1, 0.15) is 34.8 Å². The molecule has 140 valence electrons. The summed E-state index contributed by atoms with van der Waals surface area (Å²) >= 11 is 0. The van der Waals surface area contributed by atoms with Crippen molar-refractivity contribution >= 4 is 5.97 Å². The Morgan fingerprint density at radius 1 is 1.41 bits per heavy atom. The predicted octanol–water partition coefficient (Wildman–Crippen LogP) is 1.69. The number of carbonyl (C=O) groups is 1. The third-order valence-corrected chi connectivity index (χ3v) is 5.02. The van der Waals surface area contributed by atoms with E-state index in [0.717, 1.165) is 32.5 Å². The van der Waals surface area contributed by atoms with Crippen LogP contribution in [0.3, 0.4) is 0 Å². The van der Waals surface area contributed by atoms with Crippen LogP contribution in [0.4, 0.5) is 0 Å². The van der Waals surface area contributed by atoms with Gasteiger partial charge in [-0.3, -0.25) is 14.7 Å². The zero-order valence-corrected chi connectivity index (χ0v) is 15.1. The number of piperidine rings is 1. The molecule has 27 heavy (non-hydrogen) atoms. The predicted molar refractivity (Wildman–Crippen MR) is 98.6 cm³/mol. The molecule has 1 atom stereocenters. The van der Waals surface area contributed by atoms with Crippen molar-refractivity contribution in [1.29, 1.82) is 0 Å². The first kappa shape index (κ1) is 17.4. The van der Waals surface area contributed by atoms with E-state index in [2.05, 4.69) is 26.1 Å². The van der Waals surface area contributed by atoms with E-state index in [1.807, 2.05) is 16.8 Å². The Morgan fingerprint density at radius 3 is 3.07 bits per heavy atom. The van der Waals surface area contributed by atoms with Crippen molar-refractivity contribution in [2.24, 2.45) is 0 Å². The van der Waals surface area contributed by atoms with Crippen LogP contribution in [0.2, 0.25) is 0 Å². The van der Waals surface area contributed by atoms with E-state index in [0.29, 0.717) is 16.8 Å². The van der Waals surface area contributed by atoms with Crippen LogP contribution in [0, 0.1) is 0 Å². The van der Waals surface area contributed by atoms with Gasteiger partial charge in [-0.2, -0.15) is 5.10 Å². The van der Waals surface area contributed by atoms with E-state index in [9.17, 15) is 9.59 Å². The number of methoxy groups -OCH3 is 1. The Morgan fingerprint density at radius 2 is 2.30 bits per heavy atom. The number of pyridine rings is 2. The zero-order chi connectivity index (χ0) is 18.8. The fourth-order valence-corrected chi connectivity index (χ4v) is 3.69. The summed E-state index contributed by atoms with van der Waals surface area (Å²) in [5, 5.41) is 6.40. The van der Waals surface area contributed by atoms with Gasteiger partial charge in [-0.25, -0.2) is 9.89 Å². The molecule has 0 radical (unpaired) electrons. The van der Waals surface area contributed by atoms with E-state index in [-0.39, 0.29) is 11.6 Å². The number of hydrogen-bond donors (Lipinski definition) is 1. The average molecular weight is 367 g/mol. The van der Waals surface area contributed by atoms with Gasteiger partial charge in [0.05, 0.1) is 12.7 Å². The van der Waals surface area contributed by atoms with E-state index in [1.165, 1.54) is 12.7 Å². The van der Waals surface area contributed by atoms with Crippen LogP contribution in [-0.4, -0.2) is 50.8 Å². The summed E-state index contributed by atoms with van der Waals surface area (Å²) in [6.45, 7) is 2.67. The molecule has 1 fully saturated rings. The molecule has 0 bridgehead atoms. The standard InChI is InChI=1S/C19H21N5O3/c1-27-19(26)16-12-24(11-15-17(16)21-22-18(15)25)14-5-3-7-23(10-14)9-13-4-2-6-20-8-13/h2,4,6,8,11-12,14H,3,5,7,9-10H2,1H3,(H,22,25)/t14-/m0/s1. The van der Waals surface area contributed by atoms with E-state index in [1.54, 1.807) is 18.6 Å². The van der Waals surface area contributed by atoms with Crippen molar-refractivity contribution in [2.45, 2.75) is 25.4 Å². The number of nitrogens with zero attached hydrogens (tertiary/aromatic N) is 4. The maximum absolute atomic E-state index is 12.2. The molecule has 0 aliphatic carbocycles. The molecule has 0 saturated carbocycles. The number of fused-ring (bicyclic) bond motifs is 1. The highest BCUT2D eigenvalue weighted by Gasteiger charge is 2.26. The summed E-state index contributed by atoms with van der Waals surface area (Å²) in [6, 6.07) is 4.18. The molecule has 0 amide bonds. The molecule has 0 spiro atoms. The summed E-state index contributed by atoms with van der Waals surface area (Å²) < 4.78 is 6.83. The monoisotopic (exact) mass is 367 g/mol. The molecule has 0 aromatic carbocycles. The fraction of sp³-hybridized carbons (Fsp3) is 0.368. The minimum atomic E-state index is -0.496. The number of esters is 1. The molecule has 3 aliphatic heterocycles. The van der Waals surface area contributed by atoms with E-state index >= 15 is 0 Å². The topological polar surface area (TPSA) is 93.1 Å². The van der Waals surface area contributed by atoms with Gasteiger partial charge in [0.1, 0.15) is 11.3 Å². The number of ether oxygens (including phenoxy) is 1. The molecule has 4 heterocycles. The Bertz CT molecular complexity index is 965. The molecule has 3 aliphatic rings. The van der Waals surface area contributed by atoms with Gasteiger partial charge < -0.3 is 9.30 Å². The van der Waals surface area contributed by atoms with Crippen LogP contribution >= 0.6 is 0 Å². The Balaban J connectivity index is 1.63. The van der Waals surface area contributed by atoms with Crippen LogP contribution < -0.4 is 5.56 Å². The molecule has 8 heteroatoms. The van der Waals surface area contributed by atoms with Crippen LogP contribution in [-0.2, 0) is 11.3 Å². The largest absolute Gasteiger partial charge is 0.465 e. The average Bonchev–Trinajstić information content (AvgIpc) is 3.08. The number of rotatable bonds is 4. The lowest BCUT2D eigenvalue weighted by molar-refractivity contribution is 0.0599. The number of hydrogen-bond acceptors (Lipinski definition) is 6. The number of likely N-dealkylation sites (tertiary alicyclic amines) is 1. The lowest BCUT2D eigenvalue weighted by Gasteiger charge is -2.34. The second-order valence-corrected chi connectivity index (χ2v) is 6.82. The van der Waals surface area contributed by atoms with Gasteiger partial charge in [0, 0.05) is 43.9 Å². The zero-order valence-electron chi connectivity index (χ0n) is 15.1. The number of H-pyrrole nitrogens is 1. The summed E-state index contributed by atoms with van der Waals surface area (Å²) in [4.78, 5) is 30.8. The molecule has 1 aromatic heterocycles. The molecule has 0 unspecified atom stereocenters. The summed E-state index contributed by atoms with van der Waals surface area (Å²) in [7, 11) is 1.33. The fourth-order valence-electron chi connectivity index (χ4n) is 3.69. The van der Waals surface area contributed by atoms with E-state index in [4.69, 9.17) is 4.74 Å². The van der Waals surface area contributed by atoms with Crippen molar-refractivity contribution in [3.05, 3.63) is 58.4 Å². The Kier molecular flexibility index (Phi) is 4.72. The van der Waals surface area contributed by atoms with Crippen molar-refractivity contribution in [1.82, 2.24) is 24.6 Å². The first-order valence-electron chi connectivity index (χ1n) is 8.95. The summed E-state index contributed by atoms with van der Waals surface area (Å²) in [5.41, 5.74) is 1.93. The molecular formula is C19H21N5O3. The maximum Gasteiger partial charge on any atom is 0.341 e. The molecular weight excluding hydrogens is 346 g/mol. The van der Waals surface area contributed by atoms with Crippen LogP contribution in [0.15, 0.2) is 41.7 Å². The van der Waals surface area contributed by atoms with E-state index < -0.39 is 5.97 Å². The van der Waals surface area contributed by atoms with Crippen LogP contribution in [0.5, 0.6) is 0 Å². The second kappa shape index (κ2) is 7.32. The van der Waals surface area contributed by atoms with Gasteiger partial charge in [0.25, 0.3) is 5.56 Å². The summed E-state index contributed by atoms with van der Waals surface area (Å²) in [6.07, 6.45) is 9.20. The summed E-state index contributed by atoms with van der Waals surface area (Å²) in [5.74, 6) is -0.496. The Hall–Kier alpha value is -3.00. The second-order valence-electron chi connectivity index (χ2n) is 6.82. The van der Waals surface area contributed by atoms with Gasteiger partial charge in [-0.1, -0.05) is 6.07 Å². The van der Waals surface area contributed by atoms with Gasteiger partial charge in [0.15, 0.2) is 0 Å². The Labute approximate surface area is 156 Å². The highest BCUT2D eigenvalue weighted by molar-refractivity contribution is 5.95. The highest BCUT2D eigenvalue weighted by Crippen LogP contribution is 2.27. The smallest absolute Gasteiger partial charge is 0.341 e. The van der Waals surface area contributed by atoms with Crippen molar-refractivity contribution < 1.29 is 9.53 Å². The quantitative estimate of drug-likeness (QED) is 0.706. The number of aromatic amines is 1. The minimum Gasteiger partial charge on any atom is -0.465 e. The SMILES string of the molecule is COC(=O)c1cn([C@H]2CCCN(Cc3cccnc3)C2)cc2c(=O)[nH]nc1-2. The normalized spacial score (nSPS) is 17.9. The highest BCUT2D eigenvalue weighted by atomic mass is 16.5. The molecule has 1 aromatic rings. The maximum atomic E-state index is 12.2. The van der Waals surface area contributed by atoms with Crippen LogP contribution in [0.25, 0.3) is 11.3 Å². The van der Waals surface area contributed by atoms with Crippen molar-refractivity contribution in [3.63, 3.8) is 0 Å². The van der Waals surface area contributed by atoms with Gasteiger partial charge in [-0.15, -0.1) is 0 Å². The third kappa shape index (κ3) is 3.48. The molecule has 8 nitrogen and oxygen atoms in total. The first-order chi connectivity index (χ1) is 13.2. The molecule has 1 N–H and O–H groups in total. The lowest BCUT2D eigenvalue weighted by Crippen LogP contribution is -2.36. The lowest BCUT2D eigenvalue weighted by atomic mass is 10.0. The number of nitrogens with one attached hydrogen (secondary N) is 1.